The van der Waals surface area contributed by atoms with Crippen molar-refractivity contribution in [2.45, 2.75) is 25.3 Å². The lowest BCUT2D eigenvalue weighted by atomic mass is 10.1. The van der Waals surface area contributed by atoms with Gasteiger partial charge in [-0.2, -0.15) is 0 Å². The van der Waals surface area contributed by atoms with Crippen molar-refractivity contribution in [3.05, 3.63) is 24.0 Å². The SMILES string of the molecule is NC(=O)c1cnc2[nH]ccc2c1N[C@H]1CCCCNC1=O. The number of pyridine rings is 1. The lowest BCUT2D eigenvalue weighted by Gasteiger charge is -2.18. The molecule has 1 fully saturated rings. The van der Waals surface area contributed by atoms with Crippen LogP contribution in [0.25, 0.3) is 11.0 Å². The van der Waals surface area contributed by atoms with Gasteiger partial charge in [0, 0.05) is 24.3 Å². The van der Waals surface area contributed by atoms with Crippen molar-refractivity contribution < 1.29 is 9.59 Å². The molecule has 2 amide bonds. The normalized spacial score (nSPS) is 19.0. The van der Waals surface area contributed by atoms with Gasteiger partial charge in [-0.05, 0) is 25.3 Å². The number of nitrogens with zero attached hydrogens (tertiary/aromatic N) is 1. The number of nitrogens with two attached hydrogens (primary N) is 1. The third kappa shape index (κ3) is 2.54. The summed E-state index contributed by atoms with van der Waals surface area (Å²) >= 11 is 0. The van der Waals surface area contributed by atoms with E-state index in [1.54, 1.807) is 6.20 Å². The molecule has 0 bridgehead atoms. The molecule has 7 nitrogen and oxygen atoms in total. The van der Waals surface area contributed by atoms with Crippen LogP contribution in [0.4, 0.5) is 5.69 Å². The van der Waals surface area contributed by atoms with Crippen LogP contribution in [0.5, 0.6) is 0 Å². The zero-order valence-electron chi connectivity index (χ0n) is 11.5. The number of aromatic nitrogens is 2. The molecule has 0 radical (unpaired) electrons. The third-order valence-electron chi connectivity index (χ3n) is 3.71. The summed E-state index contributed by atoms with van der Waals surface area (Å²) in [4.78, 5) is 30.8. The second-order valence-electron chi connectivity index (χ2n) is 5.13. The van der Waals surface area contributed by atoms with Gasteiger partial charge in [0.25, 0.3) is 5.91 Å². The number of hydrogen-bond acceptors (Lipinski definition) is 4. The van der Waals surface area contributed by atoms with Crippen LogP contribution in [0.3, 0.4) is 0 Å². The maximum absolute atomic E-state index is 12.1. The van der Waals surface area contributed by atoms with Gasteiger partial charge < -0.3 is 21.4 Å². The van der Waals surface area contributed by atoms with E-state index in [1.165, 1.54) is 6.20 Å². The van der Waals surface area contributed by atoms with E-state index in [9.17, 15) is 9.59 Å². The van der Waals surface area contributed by atoms with Gasteiger partial charge in [0.2, 0.25) is 5.91 Å². The molecule has 0 aromatic carbocycles. The van der Waals surface area contributed by atoms with E-state index >= 15 is 0 Å². The number of primary amides is 1. The number of carbonyl (C=O) groups is 2. The van der Waals surface area contributed by atoms with E-state index in [2.05, 4.69) is 20.6 Å². The van der Waals surface area contributed by atoms with Crippen LogP contribution in [-0.4, -0.2) is 34.4 Å². The Kier molecular flexibility index (Phi) is 3.47. The number of amides is 2. The van der Waals surface area contributed by atoms with Gasteiger partial charge in [-0.3, -0.25) is 9.59 Å². The smallest absolute Gasteiger partial charge is 0.252 e. The van der Waals surface area contributed by atoms with Gasteiger partial charge in [-0.25, -0.2) is 4.98 Å². The highest BCUT2D eigenvalue weighted by Crippen LogP contribution is 2.26. The molecule has 1 aliphatic rings. The zero-order valence-corrected chi connectivity index (χ0v) is 11.5. The minimum absolute atomic E-state index is 0.0524. The first kappa shape index (κ1) is 13.4. The van der Waals surface area contributed by atoms with Crippen molar-refractivity contribution in [1.29, 1.82) is 0 Å². The fraction of sp³-hybridized carbons (Fsp3) is 0.357. The molecule has 21 heavy (non-hydrogen) atoms. The fourth-order valence-electron chi connectivity index (χ4n) is 2.60. The van der Waals surface area contributed by atoms with Crippen molar-refractivity contribution in [2.24, 2.45) is 5.73 Å². The van der Waals surface area contributed by atoms with Crippen LogP contribution in [-0.2, 0) is 4.79 Å². The number of nitrogens with one attached hydrogen (secondary N) is 3. The Morgan fingerprint density at radius 3 is 3.10 bits per heavy atom. The van der Waals surface area contributed by atoms with Crippen LogP contribution >= 0.6 is 0 Å². The average molecular weight is 287 g/mol. The predicted octanol–water partition coefficient (Wildman–Crippen LogP) is 0.742. The number of aromatic amines is 1. The maximum Gasteiger partial charge on any atom is 0.252 e. The zero-order chi connectivity index (χ0) is 14.8. The third-order valence-corrected chi connectivity index (χ3v) is 3.71. The number of carbonyl (C=O) groups excluding carboxylic acids is 2. The summed E-state index contributed by atoms with van der Waals surface area (Å²) < 4.78 is 0. The van der Waals surface area contributed by atoms with Crippen LogP contribution in [0, 0.1) is 0 Å². The van der Waals surface area contributed by atoms with Gasteiger partial charge in [0.15, 0.2) is 0 Å². The van der Waals surface area contributed by atoms with Crippen LogP contribution in [0.2, 0.25) is 0 Å². The first-order valence-electron chi connectivity index (χ1n) is 6.97. The summed E-state index contributed by atoms with van der Waals surface area (Å²) in [5.41, 5.74) is 6.92. The van der Waals surface area contributed by atoms with Crippen LogP contribution in [0.15, 0.2) is 18.5 Å². The topological polar surface area (TPSA) is 113 Å². The Morgan fingerprint density at radius 2 is 2.29 bits per heavy atom. The monoisotopic (exact) mass is 287 g/mol. The largest absolute Gasteiger partial charge is 0.372 e. The number of fused-ring (bicyclic) bond motifs is 1. The maximum atomic E-state index is 12.1. The van der Waals surface area contributed by atoms with Gasteiger partial charge >= 0.3 is 0 Å². The van der Waals surface area contributed by atoms with Crippen molar-refractivity contribution in [1.82, 2.24) is 15.3 Å². The van der Waals surface area contributed by atoms with E-state index < -0.39 is 5.91 Å². The molecule has 1 atom stereocenters. The lowest BCUT2D eigenvalue weighted by Crippen LogP contribution is -2.38. The molecule has 3 heterocycles. The molecular weight excluding hydrogens is 270 g/mol. The minimum Gasteiger partial charge on any atom is -0.372 e. The first-order valence-corrected chi connectivity index (χ1v) is 6.97. The van der Waals surface area contributed by atoms with Crippen molar-refractivity contribution in [3.8, 4) is 0 Å². The Hall–Kier alpha value is -2.57. The van der Waals surface area contributed by atoms with Crippen molar-refractivity contribution in [3.63, 3.8) is 0 Å². The second-order valence-corrected chi connectivity index (χ2v) is 5.13. The highest BCUT2D eigenvalue weighted by molar-refractivity contribution is 6.06. The van der Waals surface area contributed by atoms with Crippen LogP contribution < -0.4 is 16.4 Å². The molecule has 0 spiro atoms. The number of anilines is 1. The van der Waals surface area contributed by atoms with E-state index in [4.69, 9.17) is 5.73 Å². The van der Waals surface area contributed by atoms with E-state index in [0.717, 1.165) is 24.6 Å². The molecule has 0 saturated carbocycles. The molecule has 1 aliphatic heterocycles. The molecule has 3 rings (SSSR count). The first-order chi connectivity index (χ1) is 10.2. The van der Waals surface area contributed by atoms with Crippen molar-refractivity contribution in [2.75, 3.05) is 11.9 Å². The Labute approximate surface area is 121 Å². The summed E-state index contributed by atoms with van der Waals surface area (Å²) in [5, 5.41) is 6.79. The van der Waals surface area contributed by atoms with Crippen molar-refractivity contribution >= 4 is 28.5 Å². The highest BCUT2D eigenvalue weighted by Gasteiger charge is 2.23. The van der Waals surface area contributed by atoms with Crippen LogP contribution in [0.1, 0.15) is 29.6 Å². The summed E-state index contributed by atoms with van der Waals surface area (Å²) in [6, 6.07) is 1.44. The molecule has 2 aromatic rings. The van der Waals surface area contributed by atoms with E-state index in [0.29, 0.717) is 23.4 Å². The molecular formula is C14H17N5O2. The quantitative estimate of drug-likeness (QED) is 0.667. The second kappa shape index (κ2) is 5.43. The summed E-state index contributed by atoms with van der Waals surface area (Å²) in [6.07, 6.45) is 5.79. The minimum atomic E-state index is -0.567. The summed E-state index contributed by atoms with van der Waals surface area (Å²) in [7, 11) is 0. The van der Waals surface area contributed by atoms with Gasteiger partial charge in [0.05, 0.1) is 11.3 Å². The molecule has 1 saturated heterocycles. The summed E-state index contributed by atoms with van der Waals surface area (Å²) in [5.74, 6) is -0.620. The number of hydrogen-bond donors (Lipinski definition) is 4. The van der Waals surface area contributed by atoms with Gasteiger partial charge in [0.1, 0.15) is 11.7 Å². The molecule has 110 valence electrons. The standard InChI is InChI=1S/C14H17N5O2/c15-12(20)9-7-18-13-8(4-6-16-13)11(9)19-10-3-1-2-5-17-14(10)21/h4,6-7,10H,1-3,5H2,(H2,15,20)(H,17,21)(H2,16,18,19)/t10-/m0/s1. The van der Waals surface area contributed by atoms with E-state index in [1.807, 2.05) is 6.07 Å². The molecule has 5 N–H and O–H groups in total. The number of H-pyrrole nitrogens is 1. The number of rotatable bonds is 3. The summed E-state index contributed by atoms with van der Waals surface area (Å²) in [6.45, 7) is 0.690. The highest BCUT2D eigenvalue weighted by atomic mass is 16.2. The Bertz CT molecular complexity index is 694. The Balaban J connectivity index is 2.01. The molecule has 7 heteroatoms. The van der Waals surface area contributed by atoms with Gasteiger partial charge in [-0.1, -0.05) is 0 Å². The predicted molar refractivity (Wildman–Crippen MR) is 78.9 cm³/mol. The fourth-order valence-corrected chi connectivity index (χ4v) is 2.60. The van der Waals surface area contributed by atoms with Gasteiger partial charge in [-0.15, -0.1) is 0 Å². The average Bonchev–Trinajstić information content (AvgIpc) is 2.85. The lowest BCUT2D eigenvalue weighted by molar-refractivity contribution is -0.121. The molecule has 0 unspecified atom stereocenters. The van der Waals surface area contributed by atoms with E-state index in [-0.39, 0.29) is 11.9 Å². The molecule has 2 aromatic heterocycles. The Morgan fingerprint density at radius 1 is 1.43 bits per heavy atom. The molecule has 0 aliphatic carbocycles.